The molecule has 0 amide bonds. The van der Waals surface area contributed by atoms with Gasteiger partial charge in [0.15, 0.2) is 0 Å². The molecule has 2 aromatic rings. The van der Waals surface area contributed by atoms with E-state index in [1.54, 1.807) is 0 Å². The Hall–Kier alpha value is -2.34. The van der Waals surface area contributed by atoms with Crippen molar-refractivity contribution in [2.75, 3.05) is 0 Å². The molecule has 0 heterocycles. The van der Waals surface area contributed by atoms with Gasteiger partial charge in [-0.25, -0.2) is 8.78 Å². The van der Waals surface area contributed by atoms with Crippen LogP contribution in [-0.4, -0.2) is 10.0 Å². The maximum Gasteiger partial charge on any atom is 0.270 e. The van der Waals surface area contributed by atoms with E-state index in [-0.39, 0.29) is 16.8 Å². The first-order valence-corrected chi connectivity index (χ1v) is 5.36. The number of aliphatic hydroxyl groups is 1. The third-order valence-corrected chi connectivity index (χ3v) is 2.65. The fourth-order valence-electron chi connectivity index (χ4n) is 1.71. The van der Waals surface area contributed by atoms with Gasteiger partial charge in [0.1, 0.15) is 17.7 Å². The summed E-state index contributed by atoms with van der Waals surface area (Å²) in [6, 6.07) is 7.83. The highest BCUT2D eigenvalue weighted by atomic mass is 19.1. The first kappa shape index (κ1) is 13.1. The van der Waals surface area contributed by atoms with E-state index in [9.17, 15) is 24.0 Å². The molecule has 0 aliphatic rings. The van der Waals surface area contributed by atoms with Crippen molar-refractivity contribution >= 4 is 5.69 Å². The minimum Gasteiger partial charge on any atom is -0.384 e. The van der Waals surface area contributed by atoms with Gasteiger partial charge < -0.3 is 5.11 Å². The van der Waals surface area contributed by atoms with Gasteiger partial charge in [0, 0.05) is 17.7 Å². The van der Waals surface area contributed by atoms with E-state index in [2.05, 4.69) is 0 Å². The number of non-ortho nitro benzene ring substituents is 1. The van der Waals surface area contributed by atoms with Gasteiger partial charge in [0.2, 0.25) is 0 Å². The smallest absolute Gasteiger partial charge is 0.270 e. The number of halogens is 2. The van der Waals surface area contributed by atoms with E-state index in [1.165, 1.54) is 18.2 Å². The monoisotopic (exact) mass is 265 g/mol. The van der Waals surface area contributed by atoms with Gasteiger partial charge in [-0.3, -0.25) is 10.1 Å². The predicted octanol–water partition coefficient (Wildman–Crippen LogP) is 2.95. The number of hydrogen-bond acceptors (Lipinski definition) is 3. The van der Waals surface area contributed by atoms with Crippen LogP contribution < -0.4 is 0 Å². The zero-order valence-corrected chi connectivity index (χ0v) is 9.59. The molecule has 2 rings (SSSR count). The minimum absolute atomic E-state index is 0.124. The van der Waals surface area contributed by atoms with Crippen molar-refractivity contribution in [1.82, 2.24) is 0 Å². The lowest BCUT2D eigenvalue weighted by Crippen LogP contribution is -2.04. The first-order valence-electron chi connectivity index (χ1n) is 5.36. The van der Waals surface area contributed by atoms with Crippen LogP contribution in [-0.2, 0) is 0 Å². The number of nitrogens with zero attached hydrogens (tertiary/aromatic N) is 1. The molecule has 0 saturated heterocycles. The molecule has 0 fully saturated rings. The summed E-state index contributed by atoms with van der Waals surface area (Å²) >= 11 is 0. The third-order valence-electron chi connectivity index (χ3n) is 2.65. The predicted molar refractivity (Wildman–Crippen MR) is 63.5 cm³/mol. The van der Waals surface area contributed by atoms with E-state index in [1.807, 2.05) is 0 Å². The molecule has 0 aliphatic carbocycles. The van der Waals surface area contributed by atoms with Crippen LogP contribution in [0, 0.1) is 21.7 Å². The minimum atomic E-state index is -1.46. The van der Waals surface area contributed by atoms with E-state index >= 15 is 0 Å². The zero-order valence-electron chi connectivity index (χ0n) is 9.59. The fourth-order valence-corrected chi connectivity index (χ4v) is 1.71. The van der Waals surface area contributed by atoms with Gasteiger partial charge in [-0.15, -0.1) is 0 Å². The Labute approximate surface area is 107 Å². The lowest BCUT2D eigenvalue weighted by atomic mass is 10.0. The Kier molecular flexibility index (Phi) is 3.52. The van der Waals surface area contributed by atoms with Crippen LogP contribution in [0.5, 0.6) is 0 Å². The van der Waals surface area contributed by atoms with Gasteiger partial charge in [-0.05, 0) is 23.8 Å². The van der Waals surface area contributed by atoms with Gasteiger partial charge in [0.25, 0.3) is 5.69 Å². The van der Waals surface area contributed by atoms with Crippen molar-refractivity contribution in [2.24, 2.45) is 0 Å². The molecule has 19 heavy (non-hydrogen) atoms. The van der Waals surface area contributed by atoms with Crippen LogP contribution in [0.3, 0.4) is 0 Å². The number of hydrogen-bond donors (Lipinski definition) is 1. The molecule has 0 aliphatic heterocycles. The van der Waals surface area contributed by atoms with Crippen LogP contribution in [0.2, 0.25) is 0 Å². The van der Waals surface area contributed by atoms with Gasteiger partial charge in [-0.1, -0.05) is 12.1 Å². The zero-order chi connectivity index (χ0) is 14.0. The second-order valence-corrected chi connectivity index (χ2v) is 3.92. The fraction of sp³-hybridized carbons (Fsp3) is 0.0769. The normalized spacial score (nSPS) is 12.2. The topological polar surface area (TPSA) is 63.4 Å². The standard InChI is InChI=1S/C13H9F2NO3/c14-9-3-1-2-8(6-9)13(17)11-7-10(16(18)19)4-5-12(11)15/h1-7,13,17H. The van der Waals surface area contributed by atoms with E-state index < -0.39 is 22.7 Å². The molecule has 6 heteroatoms. The summed E-state index contributed by atoms with van der Waals surface area (Å²) in [7, 11) is 0. The lowest BCUT2D eigenvalue weighted by Gasteiger charge is -2.12. The summed E-state index contributed by atoms with van der Waals surface area (Å²) in [5, 5.41) is 20.6. The second-order valence-electron chi connectivity index (χ2n) is 3.92. The Bertz CT molecular complexity index is 631. The molecule has 0 spiro atoms. The average molecular weight is 265 g/mol. The van der Waals surface area contributed by atoms with Crippen molar-refractivity contribution < 1.29 is 18.8 Å². The average Bonchev–Trinajstić information content (AvgIpc) is 2.38. The van der Waals surface area contributed by atoms with Crippen LogP contribution in [0.1, 0.15) is 17.2 Å². The molecule has 4 nitrogen and oxygen atoms in total. The largest absolute Gasteiger partial charge is 0.384 e. The molecule has 98 valence electrons. The molecule has 0 saturated carbocycles. The summed E-state index contributed by atoms with van der Waals surface area (Å²) in [4.78, 5) is 9.93. The van der Waals surface area contributed by atoms with Gasteiger partial charge in [0.05, 0.1) is 4.92 Å². The highest BCUT2D eigenvalue weighted by Crippen LogP contribution is 2.27. The van der Waals surface area contributed by atoms with Crippen LogP contribution >= 0.6 is 0 Å². The van der Waals surface area contributed by atoms with Crippen molar-refractivity contribution in [3.05, 3.63) is 75.3 Å². The van der Waals surface area contributed by atoms with Crippen molar-refractivity contribution in [3.8, 4) is 0 Å². The molecular weight excluding hydrogens is 256 g/mol. The number of benzene rings is 2. The van der Waals surface area contributed by atoms with Crippen LogP contribution in [0.4, 0.5) is 14.5 Å². The molecule has 0 aromatic heterocycles. The van der Waals surface area contributed by atoms with Crippen molar-refractivity contribution in [1.29, 1.82) is 0 Å². The Morgan fingerprint density at radius 2 is 1.89 bits per heavy atom. The molecule has 2 aromatic carbocycles. The molecule has 0 radical (unpaired) electrons. The van der Waals surface area contributed by atoms with E-state index in [0.29, 0.717) is 0 Å². The van der Waals surface area contributed by atoms with E-state index in [4.69, 9.17) is 0 Å². The van der Waals surface area contributed by atoms with Crippen LogP contribution in [0.15, 0.2) is 42.5 Å². The molecule has 1 atom stereocenters. The van der Waals surface area contributed by atoms with E-state index in [0.717, 1.165) is 24.3 Å². The third kappa shape index (κ3) is 2.74. The molecule has 1 unspecified atom stereocenters. The molecule has 1 N–H and O–H groups in total. The Morgan fingerprint density at radius 1 is 1.16 bits per heavy atom. The van der Waals surface area contributed by atoms with Crippen LogP contribution in [0.25, 0.3) is 0 Å². The van der Waals surface area contributed by atoms with Gasteiger partial charge >= 0.3 is 0 Å². The number of nitro benzene ring substituents is 1. The highest BCUT2D eigenvalue weighted by molar-refractivity contribution is 5.40. The Morgan fingerprint density at radius 3 is 2.53 bits per heavy atom. The lowest BCUT2D eigenvalue weighted by molar-refractivity contribution is -0.385. The van der Waals surface area contributed by atoms with Gasteiger partial charge in [-0.2, -0.15) is 0 Å². The molecular formula is C13H9F2NO3. The quantitative estimate of drug-likeness (QED) is 0.685. The molecule has 0 bridgehead atoms. The summed E-state index contributed by atoms with van der Waals surface area (Å²) in [5.41, 5.74) is -0.481. The summed E-state index contributed by atoms with van der Waals surface area (Å²) in [6.45, 7) is 0. The summed E-state index contributed by atoms with van der Waals surface area (Å²) < 4.78 is 26.6. The first-order chi connectivity index (χ1) is 8.99. The maximum absolute atomic E-state index is 13.6. The maximum atomic E-state index is 13.6. The summed E-state index contributed by atoms with van der Waals surface area (Å²) in [5.74, 6) is -1.37. The SMILES string of the molecule is O=[N+]([O-])c1ccc(F)c(C(O)c2cccc(F)c2)c1. The number of nitro groups is 1. The highest BCUT2D eigenvalue weighted by Gasteiger charge is 2.19. The number of aliphatic hydroxyl groups excluding tert-OH is 1. The number of rotatable bonds is 3. The summed E-state index contributed by atoms with van der Waals surface area (Å²) in [6.07, 6.45) is -1.46. The van der Waals surface area contributed by atoms with Crippen molar-refractivity contribution in [3.63, 3.8) is 0 Å². The Balaban J connectivity index is 2.46. The second kappa shape index (κ2) is 5.11. The van der Waals surface area contributed by atoms with Crippen molar-refractivity contribution in [2.45, 2.75) is 6.10 Å².